The normalized spacial score (nSPS) is 20.7. The fraction of sp³-hybridized carbons (Fsp3) is 0.478. The number of rotatable bonds is 4. The maximum Gasteiger partial charge on any atom is 0.241 e. The highest BCUT2D eigenvalue weighted by molar-refractivity contribution is 7.89. The van der Waals surface area contributed by atoms with Crippen molar-refractivity contribution in [2.75, 3.05) is 7.11 Å². The summed E-state index contributed by atoms with van der Waals surface area (Å²) in [5.74, 6) is 1.50. The van der Waals surface area contributed by atoms with E-state index < -0.39 is 10.0 Å². The molecule has 2 aromatic rings. The molecule has 2 aliphatic rings. The Morgan fingerprint density at radius 1 is 1.03 bits per heavy atom. The van der Waals surface area contributed by atoms with Crippen molar-refractivity contribution >= 4 is 10.0 Å². The molecule has 29 heavy (non-hydrogen) atoms. The van der Waals surface area contributed by atoms with Crippen LogP contribution in [0.15, 0.2) is 41.3 Å². The Hall–Kier alpha value is -2.05. The number of fused-ring (bicyclic) bond motifs is 1. The van der Waals surface area contributed by atoms with E-state index >= 15 is 0 Å². The van der Waals surface area contributed by atoms with Crippen LogP contribution in [0.1, 0.15) is 61.3 Å². The lowest BCUT2D eigenvalue weighted by atomic mass is 9.77. The van der Waals surface area contributed by atoms with Crippen LogP contribution in [0, 0.1) is 13.8 Å². The minimum atomic E-state index is -3.70. The van der Waals surface area contributed by atoms with Crippen LogP contribution in [0.25, 0.3) is 0 Å². The molecule has 4 rings (SSSR count). The number of ether oxygens (including phenoxy) is 2. The van der Waals surface area contributed by atoms with E-state index in [1.165, 1.54) is 6.42 Å². The monoisotopic (exact) mass is 415 g/mol. The van der Waals surface area contributed by atoms with Gasteiger partial charge in [0.25, 0.3) is 0 Å². The van der Waals surface area contributed by atoms with E-state index in [9.17, 15) is 8.42 Å². The van der Waals surface area contributed by atoms with Crippen LogP contribution in [0.3, 0.4) is 0 Å². The van der Waals surface area contributed by atoms with Crippen LogP contribution in [0.5, 0.6) is 11.5 Å². The Morgan fingerprint density at radius 3 is 2.48 bits per heavy atom. The van der Waals surface area contributed by atoms with Crippen LogP contribution in [-0.2, 0) is 10.0 Å². The van der Waals surface area contributed by atoms with Crippen LogP contribution < -0.4 is 14.2 Å². The van der Waals surface area contributed by atoms with Gasteiger partial charge >= 0.3 is 0 Å². The van der Waals surface area contributed by atoms with Gasteiger partial charge in [0.1, 0.15) is 17.1 Å². The predicted molar refractivity (Wildman–Crippen MR) is 113 cm³/mol. The van der Waals surface area contributed by atoms with E-state index in [-0.39, 0.29) is 11.6 Å². The van der Waals surface area contributed by atoms with Gasteiger partial charge in [-0.15, -0.1) is 0 Å². The van der Waals surface area contributed by atoms with E-state index in [4.69, 9.17) is 9.47 Å². The summed E-state index contributed by atoms with van der Waals surface area (Å²) in [6, 6.07) is 10.8. The lowest BCUT2D eigenvalue weighted by Crippen LogP contribution is -2.46. The average molecular weight is 416 g/mol. The molecule has 1 atom stereocenters. The molecule has 5 nitrogen and oxygen atoms in total. The predicted octanol–water partition coefficient (Wildman–Crippen LogP) is 4.82. The van der Waals surface area contributed by atoms with Gasteiger partial charge in [0.2, 0.25) is 10.0 Å². The SMILES string of the molecule is COc1ccc(S(=O)(=O)N[C@H]2CC3(CCCCC3)Oc3ccccc32)c(C)c1C. The third-order valence-electron chi connectivity index (χ3n) is 6.46. The third kappa shape index (κ3) is 3.76. The van der Waals surface area contributed by atoms with E-state index in [0.717, 1.165) is 42.6 Å². The largest absolute Gasteiger partial charge is 0.496 e. The molecule has 1 aliphatic carbocycles. The smallest absolute Gasteiger partial charge is 0.241 e. The molecule has 0 bridgehead atoms. The molecule has 1 heterocycles. The van der Waals surface area contributed by atoms with Gasteiger partial charge in [-0.1, -0.05) is 24.6 Å². The van der Waals surface area contributed by atoms with Gasteiger partial charge in [0, 0.05) is 12.0 Å². The summed E-state index contributed by atoms with van der Waals surface area (Å²) >= 11 is 0. The molecule has 1 N–H and O–H groups in total. The van der Waals surface area contributed by atoms with Crippen molar-refractivity contribution in [2.45, 2.75) is 68.9 Å². The molecule has 1 saturated carbocycles. The van der Waals surface area contributed by atoms with E-state index in [1.54, 1.807) is 19.2 Å². The van der Waals surface area contributed by atoms with Crippen LogP contribution in [0.4, 0.5) is 0 Å². The Kier molecular flexibility index (Phi) is 5.34. The van der Waals surface area contributed by atoms with Gasteiger partial charge in [0.05, 0.1) is 18.0 Å². The zero-order chi connectivity index (χ0) is 20.6. The Balaban J connectivity index is 1.70. The van der Waals surface area contributed by atoms with E-state index in [2.05, 4.69) is 4.72 Å². The molecule has 1 aliphatic heterocycles. The first kappa shape index (κ1) is 20.2. The maximum atomic E-state index is 13.4. The molecule has 1 spiro atoms. The number of methoxy groups -OCH3 is 1. The van der Waals surface area contributed by atoms with Crippen molar-refractivity contribution in [1.29, 1.82) is 0 Å². The van der Waals surface area contributed by atoms with Crippen LogP contribution in [-0.4, -0.2) is 21.1 Å². The summed E-state index contributed by atoms with van der Waals surface area (Å²) < 4.78 is 41.5. The second-order valence-corrected chi connectivity index (χ2v) is 9.96. The highest BCUT2D eigenvalue weighted by Gasteiger charge is 2.43. The molecule has 1 fully saturated rings. The highest BCUT2D eigenvalue weighted by Crippen LogP contribution is 2.46. The summed E-state index contributed by atoms with van der Waals surface area (Å²) in [6.07, 6.45) is 6.07. The summed E-state index contributed by atoms with van der Waals surface area (Å²) in [7, 11) is -2.10. The Bertz CT molecular complexity index is 1010. The first-order chi connectivity index (χ1) is 13.9. The first-order valence-electron chi connectivity index (χ1n) is 10.3. The van der Waals surface area contributed by atoms with E-state index in [1.807, 2.05) is 38.1 Å². The van der Waals surface area contributed by atoms with Crippen molar-refractivity contribution in [3.05, 3.63) is 53.1 Å². The van der Waals surface area contributed by atoms with Gasteiger partial charge in [-0.3, -0.25) is 0 Å². The lowest BCUT2D eigenvalue weighted by molar-refractivity contribution is 0.0000750. The summed E-state index contributed by atoms with van der Waals surface area (Å²) in [6.45, 7) is 3.71. The summed E-state index contributed by atoms with van der Waals surface area (Å²) in [4.78, 5) is 0.303. The topological polar surface area (TPSA) is 64.6 Å². The maximum absolute atomic E-state index is 13.4. The molecular weight excluding hydrogens is 386 g/mol. The van der Waals surface area contributed by atoms with Gasteiger partial charge in [-0.2, -0.15) is 0 Å². The fourth-order valence-corrected chi connectivity index (χ4v) is 6.27. The third-order valence-corrected chi connectivity index (χ3v) is 8.07. The van der Waals surface area contributed by atoms with Gasteiger partial charge in [0.15, 0.2) is 0 Å². The highest BCUT2D eigenvalue weighted by atomic mass is 32.2. The second kappa shape index (κ2) is 7.65. The van der Waals surface area contributed by atoms with Crippen LogP contribution >= 0.6 is 0 Å². The number of para-hydroxylation sites is 1. The molecule has 2 aromatic carbocycles. The fourth-order valence-electron chi connectivity index (χ4n) is 4.76. The van der Waals surface area contributed by atoms with E-state index in [0.29, 0.717) is 22.6 Å². The minimum Gasteiger partial charge on any atom is -0.496 e. The van der Waals surface area contributed by atoms with Crippen molar-refractivity contribution in [2.24, 2.45) is 0 Å². The summed E-state index contributed by atoms with van der Waals surface area (Å²) in [5, 5.41) is 0. The number of benzene rings is 2. The quantitative estimate of drug-likeness (QED) is 0.778. The van der Waals surface area contributed by atoms with Crippen molar-refractivity contribution < 1.29 is 17.9 Å². The number of hydrogen-bond donors (Lipinski definition) is 1. The van der Waals surface area contributed by atoms with Gasteiger partial charge in [-0.25, -0.2) is 13.1 Å². The molecule has 0 aromatic heterocycles. The Morgan fingerprint density at radius 2 is 1.76 bits per heavy atom. The van der Waals surface area contributed by atoms with Crippen molar-refractivity contribution in [3.63, 3.8) is 0 Å². The molecule has 156 valence electrons. The average Bonchev–Trinajstić information content (AvgIpc) is 2.70. The summed E-state index contributed by atoms with van der Waals surface area (Å²) in [5.41, 5.74) is 2.19. The van der Waals surface area contributed by atoms with Gasteiger partial charge in [-0.05, 0) is 68.9 Å². The zero-order valence-electron chi connectivity index (χ0n) is 17.3. The van der Waals surface area contributed by atoms with Crippen LogP contribution in [0.2, 0.25) is 0 Å². The minimum absolute atomic E-state index is 0.273. The molecule has 0 saturated heterocycles. The second-order valence-electron chi connectivity index (χ2n) is 8.28. The van der Waals surface area contributed by atoms with Crippen molar-refractivity contribution in [1.82, 2.24) is 4.72 Å². The number of hydrogen-bond acceptors (Lipinski definition) is 4. The molecule has 0 unspecified atom stereocenters. The number of sulfonamides is 1. The number of nitrogens with one attached hydrogen (secondary N) is 1. The molecular formula is C23H29NO4S. The lowest BCUT2D eigenvalue weighted by Gasteiger charge is -2.44. The first-order valence-corrected chi connectivity index (χ1v) is 11.8. The van der Waals surface area contributed by atoms with Gasteiger partial charge < -0.3 is 9.47 Å². The molecule has 6 heteroatoms. The molecule has 0 amide bonds. The standard InChI is InChI=1S/C23H29NO4S/c1-16-17(2)22(12-11-20(16)27-3)29(25,26)24-19-15-23(13-7-4-8-14-23)28-21-10-6-5-9-18(19)21/h5-6,9-12,19,24H,4,7-8,13-15H2,1-3H3/t19-/m0/s1. The molecule has 0 radical (unpaired) electrons. The Labute approximate surface area is 173 Å². The zero-order valence-corrected chi connectivity index (χ0v) is 18.1. The van der Waals surface area contributed by atoms with Crippen molar-refractivity contribution in [3.8, 4) is 11.5 Å².